The van der Waals surface area contributed by atoms with E-state index < -0.39 is 5.60 Å². The van der Waals surface area contributed by atoms with Gasteiger partial charge in [-0.25, -0.2) is 14.0 Å². The van der Waals surface area contributed by atoms with Gasteiger partial charge in [-0.1, -0.05) is 12.1 Å². The fraction of sp³-hybridized carbons (Fsp3) is 0.550. The van der Waals surface area contributed by atoms with Crippen LogP contribution in [0.1, 0.15) is 18.4 Å². The number of piperazine rings is 1. The van der Waals surface area contributed by atoms with Crippen LogP contribution in [-0.4, -0.2) is 77.1 Å². The number of ether oxygens (including phenoxy) is 1. The van der Waals surface area contributed by atoms with Gasteiger partial charge in [0.15, 0.2) is 5.60 Å². The summed E-state index contributed by atoms with van der Waals surface area (Å²) in [6.45, 7) is 2.30. The highest BCUT2D eigenvalue weighted by atomic mass is 19.1. The number of hydrogen-bond donors (Lipinski definition) is 1. The second-order valence-electron chi connectivity index (χ2n) is 8.34. The number of halogens is 1. The molecule has 1 N–H and O–H groups in total. The minimum absolute atomic E-state index is 0.139. The standard InChI is InChI=1S/C20H23FN4O4/c21-15-5-1-13(2-6-15)9-22-18(27)23-7-8-25-16(10-23)20(29-19(25)28)11-24(12-20)17(26)14-3-4-14/h1-2,5-6,14,16H,3-4,7-12H2,(H,22,27). The summed E-state index contributed by atoms with van der Waals surface area (Å²) in [7, 11) is 0. The number of likely N-dealkylation sites (tertiary alicyclic amines) is 1. The maximum atomic E-state index is 13.0. The summed E-state index contributed by atoms with van der Waals surface area (Å²) in [5.74, 6) is -0.0300. The summed E-state index contributed by atoms with van der Waals surface area (Å²) >= 11 is 0. The van der Waals surface area contributed by atoms with E-state index in [1.165, 1.54) is 12.1 Å². The minimum Gasteiger partial charge on any atom is -0.437 e. The Bertz CT molecular complexity index is 851. The lowest BCUT2D eigenvalue weighted by molar-refractivity contribution is -0.156. The van der Waals surface area contributed by atoms with Crippen LogP contribution in [-0.2, 0) is 16.1 Å². The number of urea groups is 1. The second kappa shape index (κ2) is 6.60. The molecule has 3 heterocycles. The predicted octanol–water partition coefficient (Wildman–Crippen LogP) is 1.16. The summed E-state index contributed by atoms with van der Waals surface area (Å²) in [4.78, 5) is 42.3. The van der Waals surface area contributed by atoms with E-state index in [-0.39, 0.29) is 35.8 Å². The number of benzene rings is 1. The van der Waals surface area contributed by atoms with Crippen LogP contribution in [0.3, 0.4) is 0 Å². The molecule has 1 atom stereocenters. The highest BCUT2D eigenvalue weighted by Gasteiger charge is 2.63. The van der Waals surface area contributed by atoms with Crippen molar-refractivity contribution in [3.63, 3.8) is 0 Å². The van der Waals surface area contributed by atoms with Gasteiger partial charge in [0.05, 0.1) is 19.1 Å². The Hall–Kier alpha value is -2.84. The molecule has 3 saturated heterocycles. The number of carbonyl (C=O) groups is 3. The van der Waals surface area contributed by atoms with Crippen molar-refractivity contribution in [1.29, 1.82) is 0 Å². The van der Waals surface area contributed by atoms with Crippen molar-refractivity contribution >= 4 is 18.0 Å². The van der Waals surface area contributed by atoms with Gasteiger partial charge in [0, 0.05) is 32.1 Å². The van der Waals surface area contributed by atoms with Gasteiger partial charge in [-0.15, -0.1) is 0 Å². The van der Waals surface area contributed by atoms with Gasteiger partial charge in [0.2, 0.25) is 5.91 Å². The maximum absolute atomic E-state index is 13.0. The highest BCUT2D eigenvalue weighted by molar-refractivity contribution is 5.83. The number of nitrogens with zero attached hydrogens (tertiary/aromatic N) is 3. The van der Waals surface area contributed by atoms with E-state index in [0.717, 1.165) is 18.4 Å². The van der Waals surface area contributed by atoms with Gasteiger partial charge in [0.25, 0.3) is 0 Å². The Labute approximate surface area is 167 Å². The summed E-state index contributed by atoms with van der Waals surface area (Å²) in [5, 5.41) is 2.85. The third-order valence-electron chi connectivity index (χ3n) is 6.31. The molecule has 154 valence electrons. The summed E-state index contributed by atoms with van der Waals surface area (Å²) in [5.41, 5.74) is 0.0971. The molecule has 0 bridgehead atoms. The molecule has 9 heteroatoms. The SMILES string of the molecule is O=C(NCc1ccc(F)cc1)N1CCN2C(=O)OC3(CN(C(=O)C4CC4)C3)C2C1. The summed E-state index contributed by atoms with van der Waals surface area (Å²) in [6, 6.07) is 5.50. The van der Waals surface area contributed by atoms with Crippen LogP contribution in [0, 0.1) is 11.7 Å². The average Bonchev–Trinajstić information content (AvgIpc) is 3.50. The number of amides is 4. The third-order valence-corrected chi connectivity index (χ3v) is 6.31. The number of carbonyl (C=O) groups excluding carboxylic acids is 3. The van der Waals surface area contributed by atoms with Crippen molar-refractivity contribution in [1.82, 2.24) is 20.0 Å². The van der Waals surface area contributed by atoms with E-state index in [0.29, 0.717) is 39.3 Å². The van der Waals surface area contributed by atoms with Gasteiger partial charge in [-0.2, -0.15) is 0 Å². The van der Waals surface area contributed by atoms with E-state index in [1.807, 2.05) is 0 Å². The molecular weight excluding hydrogens is 379 g/mol. The van der Waals surface area contributed by atoms with Crippen molar-refractivity contribution in [2.24, 2.45) is 5.92 Å². The van der Waals surface area contributed by atoms with Gasteiger partial charge < -0.3 is 19.9 Å². The van der Waals surface area contributed by atoms with Crippen molar-refractivity contribution in [3.8, 4) is 0 Å². The van der Waals surface area contributed by atoms with Crippen LogP contribution < -0.4 is 5.32 Å². The first-order chi connectivity index (χ1) is 13.9. The van der Waals surface area contributed by atoms with Crippen molar-refractivity contribution in [2.75, 3.05) is 32.7 Å². The molecule has 8 nitrogen and oxygen atoms in total. The van der Waals surface area contributed by atoms with Crippen LogP contribution in [0.4, 0.5) is 14.0 Å². The Balaban J connectivity index is 1.21. The maximum Gasteiger partial charge on any atom is 0.411 e. The van der Waals surface area contributed by atoms with Gasteiger partial charge in [-0.3, -0.25) is 9.69 Å². The highest BCUT2D eigenvalue weighted by Crippen LogP contribution is 2.42. The number of nitrogens with one attached hydrogen (secondary N) is 1. The van der Waals surface area contributed by atoms with Crippen LogP contribution in [0.5, 0.6) is 0 Å². The molecule has 1 saturated carbocycles. The average molecular weight is 402 g/mol. The fourth-order valence-electron chi connectivity index (χ4n) is 4.45. The molecule has 1 aromatic carbocycles. The second-order valence-corrected chi connectivity index (χ2v) is 8.34. The Morgan fingerprint density at radius 1 is 1.14 bits per heavy atom. The largest absolute Gasteiger partial charge is 0.437 e. The van der Waals surface area contributed by atoms with Crippen LogP contribution in [0.15, 0.2) is 24.3 Å². The van der Waals surface area contributed by atoms with Gasteiger partial charge in [-0.05, 0) is 30.5 Å². The lowest BCUT2D eigenvalue weighted by Crippen LogP contribution is -2.72. The van der Waals surface area contributed by atoms with Gasteiger partial charge >= 0.3 is 12.1 Å². The van der Waals surface area contributed by atoms with Crippen LogP contribution >= 0.6 is 0 Å². The first kappa shape index (κ1) is 18.2. The van der Waals surface area contributed by atoms with Crippen molar-refractivity contribution in [3.05, 3.63) is 35.6 Å². The van der Waals surface area contributed by atoms with Gasteiger partial charge in [0.1, 0.15) is 5.82 Å². The molecule has 0 aromatic heterocycles. The zero-order chi connectivity index (χ0) is 20.2. The van der Waals surface area contributed by atoms with Crippen LogP contribution in [0.25, 0.3) is 0 Å². The topological polar surface area (TPSA) is 82.2 Å². The molecule has 1 unspecified atom stereocenters. The Morgan fingerprint density at radius 3 is 2.55 bits per heavy atom. The molecule has 29 heavy (non-hydrogen) atoms. The molecule has 4 fully saturated rings. The molecule has 4 aliphatic rings. The molecule has 5 rings (SSSR count). The number of hydrogen-bond acceptors (Lipinski definition) is 4. The zero-order valence-electron chi connectivity index (χ0n) is 16.0. The summed E-state index contributed by atoms with van der Waals surface area (Å²) in [6.07, 6.45) is 1.53. The zero-order valence-corrected chi connectivity index (χ0v) is 16.0. The van der Waals surface area contributed by atoms with Crippen LogP contribution in [0.2, 0.25) is 0 Å². The van der Waals surface area contributed by atoms with E-state index in [9.17, 15) is 18.8 Å². The first-order valence-electron chi connectivity index (χ1n) is 10.0. The lowest BCUT2D eigenvalue weighted by Gasteiger charge is -2.51. The summed E-state index contributed by atoms with van der Waals surface area (Å²) < 4.78 is 18.7. The van der Waals surface area contributed by atoms with E-state index in [2.05, 4.69) is 5.32 Å². The minimum atomic E-state index is -0.711. The van der Waals surface area contributed by atoms with Crippen molar-refractivity contribution < 1.29 is 23.5 Å². The quantitative estimate of drug-likeness (QED) is 0.823. The smallest absolute Gasteiger partial charge is 0.411 e. The predicted molar refractivity (Wildman–Crippen MR) is 99.2 cm³/mol. The number of rotatable bonds is 3. The molecule has 1 spiro atoms. The normalized spacial score (nSPS) is 24.8. The van der Waals surface area contributed by atoms with Crippen molar-refractivity contribution in [2.45, 2.75) is 31.0 Å². The molecule has 0 radical (unpaired) electrons. The fourth-order valence-corrected chi connectivity index (χ4v) is 4.45. The molecule has 3 aliphatic heterocycles. The molecule has 4 amide bonds. The Kier molecular flexibility index (Phi) is 4.15. The van der Waals surface area contributed by atoms with E-state index in [4.69, 9.17) is 4.74 Å². The number of fused-ring (bicyclic) bond motifs is 2. The van der Waals surface area contributed by atoms with E-state index >= 15 is 0 Å². The van der Waals surface area contributed by atoms with E-state index in [1.54, 1.807) is 26.8 Å². The molecule has 1 aromatic rings. The monoisotopic (exact) mass is 402 g/mol. The molecular formula is C20H23FN4O4. The molecule has 1 aliphatic carbocycles. The first-order valence-corrected chi connectivity index (χ1v) is 10.0. The third kappa shape index (κ3) is 3.18. The Morgan fingerprint density at radius 2 is 1.86 bits per heavy atom. The lowest BCUT2D eigenvalue weighted by atomic mass is 9.84.